The van der Waals surface area contributed by atoms with E-state index in [1.165, 1.54) is 6.42 Å². The van der Waals surface area contributed by atoms with E-state index in [4.69, 9.17) is 0 Å². The average molecular weight is 265 g/mol. The molecule has 0 aliphatic carbocycles. The molecule has 0 radical (unpaired) electrons. The van der Waals surface area contributed by atoms with Gasteiger partial charge in [0.2, 0.25) is 5.91 Å². The molecule has 0 aromatic heterocycles. The number of amides is 1. The van der Waals surface area contributed by atoms with E-state index in [1.54, 1.807) is 4.90 Å². The molecule has 0 saturated carbocycles. The zero-order valence-electron chi connectivity index (χ0n) is 12.8. The normalized spacial score (nSPS) is 20.3. The minimum Gasteiger partial charge on any atom is -0.343 e. The Hall–Kier alpha value is -1.08. The molecule has 1 aliphatic heterocycles. The number of likely N-dealkylation sites (N-methyl/N-ethyl adjacent to an activating group) is 2. The van der Waals surface area contributed by atoms with Crippen LogP contribution in [0, 0.1) is 16.7 Å². The number of carbonyl (C=O) groups is 1. The molecule has 1 atom stereocenters. The average Bonchev–Trinajstić information content (AvgIpc) is 2.88. The summed E-state index contributed by atoms with van der Waals surface area (Å²) in [5, 5.41) is 9.35. The predicted molar refractivity (Wildman–Crippen MR) is 76.5 cm³/mol. The van der Waals surface area contributed by atoms with Crippen LogP contribution in [0.25, 0.3) is 0 Å². The summed E-state index contributed by atoms with van der Waals surface area (Å²) >= 11 is 0. The van der Waals surface area contributed by atoms with Crippen molar-refractivity contribution in [3.63, 3.8) is 0 Å². The van der Waals surface area contributed by atoms with Crippen molar-refractivity contribution >= 4 is 5.91 Å². The Morgan fingerprint density at radius 2 is 2.05 bits per heavy atom. The smallest absolute Gasteiger partial charge is 0.242 e. The van der Waals surface area contributed by atoms with Crippen molar-refractivity contribution in [3.8, 4) is 6.07 Å². The number of rotatable bonds is 6. The van der Waals surface area contributed by atoms with Gasteiger partial charge in [-0.1, -0.05) is 20.8 Å². The third kappa shape index (κ3) is 3.27. The summed E-state index contributed by atoms with van der Waals surface area (Å²) < 4.78 is 0. The third-order valence-corrected chi connectivity index (χ3v) is 4.57. The lowest BCUT2D eigenvalue weighted by Gasteiger charge is -2.32. The Bertz CT molecular complexity index is 344. The second-order valence-corrected chi connectivity index (χ2v) is 5.51. The van der Waals surface area contributed by atoms with Crippen LogP contribution in [0.15, 0.2) is 0 Å². The van der Waals surface area contributed by atoms with Gasteiger partial charge in [-0.15, -0.1) is 0 Å². The van der Waals surface area contributed by atoms with Gasteiger partial charge in [0.25, 0.3) is 0 Å². The maximum Gasteiger partial charge on any atom is 0.242 e. The van der Waals surface area contributed by atoms with Gasteiger partial charge in [-0.3, -0.25) is 9.69 Å². The number of hydrogen-bond acceptors (Lipinski definition) is 3. The molecule has 1 unspecified atom stereocenters. The van der Waals surface area contributed by atoms with E-state index in [2.05, 4.69) is 17.9 Å². The SMILES string of the molecule is CCN1CCCC1CN(C)C(=O)C(C#N)(CC)CC. The molecule has 0 spiro atoms. The van der Waals surface area contributed by atoms with Crippen LogP contribution >= 0.6 is 0 Å². The molecule has 1 saturated heterocycles. The van der Waals surface area contributed by atoms with Crippen LogP contribution in [0.3, 0.4) is 0 Å². The Morgan fingerprint density at radius 1 is 1.42 bits per heavy atom. The fourth-order valence-corrected chi connectivity index (χ4v) is 3.04. The summed E-state index contributed by atoms with van der Waals surface area (Å²) in [5.41, 5.74) is -0.829. The highest BCUT2D eigenvalue weighted by molar-refractivity contribution is 5.85. The van der Waals surface area contributed by atoms with E-state index in [0.717, 1.165) is 26.1 Å². The fourth-order valence-electron chi connectivity index (χ4n) is 3.04. The van der Waals surface area contributed by atoms with Gasteiger partial charge in [0.05, 0.1) is 6.07 Å². The van der Waals surface area contributed by atoms with E-state index in [1.807, 2.05) is 20.9 Å². The monoisotopic (exact) mass is 265 g/mol. The molecule has 4 heteroatoms. The molecular formula is C15H27N3O. The maximum absolute atomic E-state index is 12.5. The molecule has 1 aliphatic rings. The van der Waals surface area contributed by atoms with Crippen LogP contribution in [-0.2, 0) is 4.79 Å². The molecule has 19 heavy (non-hydrogen) atoms. The largest absolute Gasteiger partial charge is 0.343 e. The molecule has 108 valence electrons. The van der Waals surface area contributed by atoms with Crippen LogP contribution in [-0.4, -0.2) is 48.4 Å². The first kappa shape index (κ1) is 16.0. The summed E-state index contributed by atoms with van der Waals surface area (Å²) in [6.07, 6.45) is 3.55. The fraction of sp³-hybridized carbons (Fsp3) is 0.867. The number of likely N-dealkylation sites (tertiary alicyclic amines) is 1. The van der Waals surface area contributed by atoms with E-state index in [0.29, 0.717) is 18.9 Å². The van der Waals surface area contributed by atoms with Crippen molar-refractivity contribution < 1.29 is 4.79 Å². The summed E-state index contributed by atoms with van der Waals surface area (Å²) in [6.45, 7) is 8.93. The Morgan fingerprint density at radius 3 is 2.53 bits per heavy atom. The third-order valence-electron chi connectivity index (χ3n) is 4.57. The lowest BCUT2D eigenvalue weighted by molar-refractivity contribution is -0.138. The number of nitriles is 1. The predicted octanol–water partition coefficient (Wildman–Crippen LogP) is 2.26. The molecule has 0 aromatic carbocycles. The Labute approximate surface area is 117 Å². The Kier molecular flexibility index (Phi) is 5.81. The zero-order valence-corrected chi connectivity index (χ0v) is 12.8. The van der Waals surface area contributed by atoms with Crippen molar-refractivity contribution in [1.29, 1.82) is 5.26 Å². The highest BCUT2D eigenvalue weighted by Crippen LogP contribution is 2.28. The van der Waals surface area contributed by atoms with Crippen molar-refractivity contribution in [2.45, 2.75) is 52.5 Å². The standard InChI is InChI=1S/C15H27N3O/c1-5-15(6-2,12-16)14(19)17(4)11-13-9-8-10-18(13)7-3/h13H,5-11H2,1-4H3. The second-order valence-electron chi connectivity index (χ2n) is 5.51. The highest BCUT2D eigenvalue weighted by atomic mass is 16.2. The molecular weight excluding hydrogens is 238 g/mol. The molecule has 0 bridgehead atoms. The molecule has 1 amide bonds. The van der Waals surface area contributed by atoms with Gasteiger partial charge in [-0.05, 0) is 38.8 Å². The molecule has 1 fully saturated rings. The van der Waals surface area contributed by atoms with Crippen molar-refractivity contribution in [2.75, 3.05) is 26.7 Å². The van der Waals surface area contributed by atoms with Gasteiger partial charge in [-0.25, -0.2) is 0 Å². The highest BCUT2D eigenvalue weighted by Gasteiger charge is 2.38. The first-order valence-corrected chi connectivity index (χ1v) is 7.45. The van der Waals surface area contributed by atoms with Gasteiger partial charge in [0, 0.05) is 19.6 Å². The van der Waals surface area contributed by atoms with Gasteiger partial charge < -0.3 is 4.90 Å². The van der Waals surface area contributed by atoms with Crippen molar-refractivity contribution in [1.82, 2.24) is 9.80 Å². The van der Waals surface area contributed by atoms with Gasteiger partial charge in [0.1, 0.15) is 5.41 Å². The molecule has 4 nitrogen and oxygen atoms in total. The lowest BCUT2D eigenvalue weighted by atomic mass is 9.82. The summed E-state index contributed by atoms with van der Waals surface area (Å²) in [5.74, 6) is -0.0112. The molecule has 1 heterocycles. The van der Waals surface area contributed by atoms with Crippen molar-refractivity contribution in [3.05, 3.63) is 0 Å². The first-order chi connectivity index (χ1) is 9.04. The minimum atomic E-state index is -0.829. The van der Waals surface area contributed by atoms with E-state index < -0.39 is 5.41 Å². The lowest BCUT2D eigenvalue weighted by Crippen LogP contribution is -2.46. The van der Waals surface area contributed by atoms with E-state index in [9.17, 15) is 10.1 Å². The number of nitrogens with zero attached hydrogens (tertiary/aromatic N) is 3. The van der Waals surface area contributed by atoms with E-state index in [-0.39, 0.29) is 5.91 Å². The van der Waals surface area contributed by atoms with E-state index >= 15 is 0 Å². The summed E-state index contributed by atoms with van der Waals surface area (Å²) in [7, 11) is 1.84. The molecule has 0 N–H and O–H groups in total. The summed E-state index contributed by atoms with van der Waals surface area (Å²) in [6, 6.07) is 2.70. The Balaban J connectivity index is 2.69. The van der Waals surface area contributed by atoms with Crippen LogP contribution < -0.4 is 0 Å². The van der Waals surface area contributed by atoms with Gasteiger partial charge in [-0.2, -0.15) is 5.26 Å². The van der Waals surface area contributed by atoms with Crippen molar-refractivity contribution in [2.24, 2.45) is 5.41 Å². The van der Waals surface area contributed by atoms with Crippen LogP contribution in [0.2, 0.25) is 0 Å². The summed E-state index contributed by atoms with van der Waals surface area (Å²) in [4.78, 5) is 16.7. The number of hydrogen-bond donors (Lipinski definition) is 0. The van der Waals surface area contributed by atoms with Crippen LogP contribution in [0.1, 0.15) is 46.5 Å². The topological polar surface area (TPSA) is 47.3 Å². The van der Waals surface area contributed by atoms with Gasteiger partial charge >= 0.3 is 0 Å². The second kappa shape index (κ2) is 6.91. The zero-order chi connectivity index (χ0) is 14.5. The van der Waals surface area contributed by atoms with Gasteiger partial charge in [0.15, 0.2) is 0 Å². The minimum absolute atomic E-state index is 0.0112. The first-order valence-electron chi connectivity index (χ1n) is 7.45. The number of carbonyl (C=O) groups excluding carboxylic acids is 1. The molecule has 0 aromatic rings. The maximum atomic E-state index is 12.5. The van der Waals surface area contributed by atoms with Crippen LogP contribution in [0.5, 0.6) is 0 Å². The quantitative estimate of drug-likeness (QED) is 0.740. The van der Waals surface area contributed by atoms with Crippen LogP contribution in [0.4, 0.5) is 0 Å². The molecule has 1 rings (SSSR count).